The lowest BCUT2D eigenvalue weighted by atomic mass is 9.98. The predicted molar refractivity (Wildman–Crippen MR) is 100 cm³/mol. The third-order valence-corrected chi connectivity index (χ3v) is 5.43. The monoisotopic (exact) mass is 369 g/mol. The topological polar surface area (TPSA) is 55.4 Å². The molecule has 1 amide bonds. The number of aromatic nitrogens is 4. The second kappa shape index (κ2) is 7.13. The van der Waals surface area contributed by atoms with Crippen LogP contribution in [0.2, 0.25) is 0 Å². The fourth-order valence-electron chi connectivity index (χ4n) is 3.89. The van der Waals surface area contributed by atoms with Crippen LogP contribution in [0.1, 0.15) is 47.6 Å². The van der Waals surface area contributed by atoms with Crippen molar-refractivity contribution in [2.45, 2.75) is 52.1 Å². The zero-order valence-electron chi connectivity index (χ0n) is 15.7. The average Bonchev–Trinajstić information content (AvgIpc) is 3.23. The number of pyridine rings is 1. The van der Waals surface area contributed by atoms with Gasteiger partial charge in [-0.05, 0) is 51.2 Å². The Kier molecular flexibility index (Phi) is 4.68. The van der Waals surface area contributed by atoms with E-state index in [1.807, 2.05) is 31.0 Å². The Morgan fingerprint density at radius 2 is 2.15 bits per heavy atom. The van der Waals surface area contributed by atoms with Gasteiger partial charge < -0.3 is 9.47 Å². The fourth-order valence-corrected chi connectivity index (χ4v) is 3.89. The minimum atomic E-state index is -0.575. The maximum Gasteiger partial charge on any atom is 0.277 e. The molecule has 1 aliphatic rings. The summed E-state index contributed by atoms with van der Waals surface area (Å²) in [4.78, 5) is 23.4. The number of piperidine rings is 1. The molecular formula is C20H24FN5O. The molecule has 3 aromatic heterocycles. The SMILES string of the molecule is Cc1ccc2nc(C(=O)N3CCCC[C@H]3CCn3ccnc3C)c(F)n2c1. The number of aryl methyl sites for hydroxylation is 3. The number of likely N-dealkylation sites (tertiary alicyclic amines) is 1. The third-order valence-electron chi connectivity index (χ3n) is 5.43. The van der Waals surface area contributed by atoms with Crippen LogP contribution in [0.5, 0.6) is 0 Å². The maximum absolute atomic E-state index is 14.8. The molecule has 1 saturated heterocycles. The first-order valence-electron chi connectivity index (χ1n) is 9.47. The van der Waals surface area contributed by atoms with E-state index in [4.69, 9.17) is 0 Å². The van der Waals surface area contributed by atoms with Crippen molar-refractivity contribution in [3.63, 3.8) is 0 Å². The molecule has 0 aliphatic carbocycles. The van der Waals surface area contributed by atoms with Crippen LogP contribution in [-0.2, 0) is 6.54 Å². The van der Waals surface area contributed by atoms with Gasteiger partial charge in [-0.1, -0.05) is 6.07 Å². The van der Waals surface area contributed by atoms with E-state index in [2.05, 4.69) is 14.5 Å². The van der Waals surface area contributed by atoms with Crippen LogP contribution in [-0.4, -0.2) is 42.3 Å². The molecule has 0 radical (unpaired) electrons. The number of hydrogen-bond acceptors (Lipinski definition) is 3. The number of amides is 1. The van der Waals surface area contributed by atoms with Crippen LogP contribution in [0.4, 0.5) is 4.39 Å². The van der Waals surface area contributed by atoms with Crippen molar-refractivity contribution in [3.05, 3.63) is 53.8 Å². The molecule has 4 heterocycles. The lowest BCUT2D eigenvalue weighted by Gasteiger charge is -2.35. The van der Waals surface area contributed by atoms with Crippen molar-refractivity contribution in [1.82, 2.24) is 23.8 Å². The van der Waals surface area contributed by atoms with Crippen molar-refractivity contribution in [2.75, 3.05) is 6.54 Å². The summed E-state index contributed by atoms with van der Waals surface area (Å²) in [6, 6.07) is 3.71. The lowest BCUT2D eigenvalue weighted by molar-refractivity contribution is 0.0584. The first kappa shape index (κ1) is 17.7. The highest BCUT2D eigenvalue weighted by atomic mass is 19.1. The Morgan fingerprint density at radius 3 is 2.93 bits per heavy atom. The van der Waals surface area contributed by atoms with Gasteiger partial charge in [0.2, 0.25) is 5.95 Å². The van der Waals surface area contributed by atoms with Gasteiger partial charge in [0.25, 0.3) is 5.91 Å². The van der Waals surface area contributed by atoms with Crippen molar-refractivity contribution in [3.8, 4) is 0 Å². The molecule has 0 N–H and O–H groups in total. The third kappa shape index (κ3) is 3.34. The minimum Gasteiger partial charge on any atom is -0.335 e. The van der Waals surface area contributed by atoms with Gasteiger partial charge in [-0.3, -0.25) is 9.20 Å². The van der Waals surface area contributed by atoms with E-state index in [9.17, 15) is 9.18 Å². The van der Waals surface area contributed by atoms with Gasteiger partial charge in [0.1, 0.15) is 11.5 Å². The van der Waals surface area contributed by atoms with E-state index in [0.717, 1.165) is 43.6 Å². The highest BCUT2D eigenvalue weighted by Gasteiger charge is 2.31. The van der Waals surface area contributed by atoms with Gasteiger partial charge >= 0.3 is 0 Å². The molecule has 1 fully saturated rings. The number of fused-ring (bicyclic) bond motifs is 1. The predicted octanol–water partition coefficient (Wildman–Crippen LogP) is 3.37. The van der Waals surface area contributed by atoms with Crippen LogP contribution in [0, 0.1) is 19.8 Å². The number of nitrogens with zero attached hydrogens (tertiary/aromatic N) is 5. The number of hydrogen-bond donors (Lipinski definition) is 0. The summed E-state index contributed by atoms with van der Waals surface area (Å²) >= 11 is 0. The zero-order valence-corrected chi connectivity index (χ0v) is 15.7. The number of imidazole rings is 2. The van der Waals surface area contributed by atoms with Gasteiger partial charge in [-0.2, -0.15) is 4.39 Å². The molecular weight excluding hydrogens is 345 g/mol. The van der Waals surface area contributed by atoms with Gasteiger partial charge in [0, 0.05) is 37.7 Å². The van der Waals surface area contributed by atoms with Crippen LogP contribution < -0.4 is 0 Å². The number of halogens is 1. The Morgan fingerprint density at radius 1 is 1.30 bits per heavy atom. The minimum absolute atomic E-state index is 0.0775. The fraction of sp³-hybridized carbons (Fsp3) is 0.450. The maximum atomic E-state index is 14.8. The van der Waals surface area contributed by atoms with E-state index >= 15 is 0 Å². The second-order valence-corrected chi connectivity index (χ2v) is 7.29. The lowest BCUT2D eigenvalue weighted by Crippen LogP contribution is -2.44. The van der Waals surface area contributed by atoms with E-state index in [1.165, 1.54) is 4.40 Å². The van der Waals surface area contributed by atoms with E-state index in [0.29, 0.717) is 12.2 Å². The standard InChI is InChI=1S/C20H24FN5O/c1-14-6-7-17-23-18(19(21)26(17)13-14)20(27)25-10-4-3-5-16(25)8-11-24-12-9-22-15(24)2/h6-7,9,12-13,16H,3-5,8,10-11H2,1-2H3/t16-/m0/s1. The zero-order chi connectivity index (χ0) is 19.0. The molecule has 0 aromatic carbocycles. The molecule has 142 valence electrons. The van der Waals surface area contributed by atoms with E-state index < -0.39 is 5.95 Å². The highest BCUT2D eigenvalue weighted by Crippen LogP contribution is 2.24. The van der Waals surface area contributed by atoms with Gasteiger partial charge in [-0.25, -0.2) is 9.97 Å². The van der Waals surface area contributed by atoms with Crippen LogP contribution in [0.3, 0.4) is 0 Å². The molecule has 0 bridgehead atoms. The first-order valence-corrected chi connectivity index (χ1v) is 9.47. The summed E-state index contributed by atoms with van der Waals surface area (Å²) in [5.41, 5.74) is 1.31. The summed E-state index contributed by atoms with van der Waals surface area (Å²) in [6.07, 6.45) is 9.21. The number of carbonyl (C=O) groups is 1. The Bertz CT molecular complexity index is 976. The van der Waals surface area contributed by atoms with Crippen LogP contribution >= 0.6 is 0 Å². The molecule has 0 spiro atoms. The second-order valence-electron chi connectivity index (χ2n) is 7.29. The van der Waals surface area contributed by atoms with Crippen LogP contribution in [0.15, 0.2) is 30.7 Å². The van der Waals surface area contributed by atoms with Crippen molar-refractivity contribution >= 4 is 11.6 Å². The Balaban J connectivity index is 1.57. The highest BCUT2D eigenvalue weighted by molar-refractivity contribution is 5.93. The molecule has 6 nitrogen and oxygen atoms in total. The molecule has 7 heteroatoms. The smallest absolute Gasteiger partial charge is 0.277 e. The summed E-state index contributed by atoms with van der Waals surface area (Å²) in [6.45, 7) is 5.31. The molecule has 3 aromatic rings. The summed E-state index contributed by atoms with van der Waals surface area (Å²) < 4.78 is 18.3. The summed E-state index contributed by atoms with van der Waals surface area (Å²) in [7, 11) is 0. The summed E-state index contributed by atoms with van der Waals surface area (Å²) in [5.74, 6) is 0.0832. The largest absolute Gasteiger partial charge is 0.335 e. The molecule has 0 unspecified atom stereocenters. The molecule has 0 saturated carbocycles. The van der Waals surface area contributed by atoms with Gasteiger partial charge in [-0.15, -0.1) is 0 Å². The Labute approximate surface area is 157 Å². The van der Waals surface area contributed by atoms with Crippen molar-refractivity contribution < 1.29 is 9.18 Å². The first-order chi connectivity index (χ1) is 13.0. The molecule has 4 rings (SSSR count). The molecule has 1 aliphatic heterocycles. The molecule has 1 atom stereocenters. The van der Waals surface area contributed by atoms with E-state index in [1.54, 1.807) is 18.5 Å². The van der Waals surface area contributed by atoms with Crippen molar-refractivity contribution in [2.24, 2.45) is 0 Å². The quantitative estimate of drug-likeness (QED) is 0.708. The number of rotatable bonds is 4. The van der Waals surface area contributed by atoms with E-state index in [-0.39, 0.29) is 17.6 Å². The Hall–Kier alpha value is -2.70. The average molecular weight is 369 g/mol. The van der Waals surface area contributed by atoms with Crippen LogP contribution in [0.25, 0.3) is 5.65 Å². The summed E-state index contributed by atoms with van der Waals surface area (Å²) in [5, 5.41) is 0. The number of carbonyl (C=O) groups excluding carboxylic acids is 1. The normalized spacial score (nSPS) is 17.6. The van der Waals surface area contributed by atoms with Gasteiger partial charge in [0.15, 0.2) is 5.69 Å². The van der Waals surface area contributed by atoms with Gasteiger partial charge in [0.05, 0.1) is 0 Å². The molecule has 27 heavy (non-hydrogen) atoms. The van der Waals surface area contributed by atoms with Crippen molar-refractivity contribution in [1.29, 1.82) is 0 Å².